The lowest BCUT2D eigenvalue weighted by Gasteiger charge is -2.33. The molecule has 1 aromatic heterocycles. The lowest BCUT2D eigenvalue weighted by molar-refractivity contribution is 0.263. The molecule has 108 valence electrons. The molecule has 2 heterocycles. The van der Waals surface area contributed by atoms with Crippen LogP contribution in [-0.2, 0) is 0 Å². The standard InChI is InChI=1S/C14H17F2N3O/c1-7-5-9(6-8(2)17-7)19-13-11(18-14(19)20)4-3-10(15)12(13)16/h3-4,7-9,17H,5-6H2,1-2H3,(H,18,20). The zero-order valence-electron chi connectivity index (χ0n) is 11.4. The monoisotopic (exact) mass is 281 g/mol. The number of piperidine rings is 1. The van der Waals surface area contributed by atoms with Crippen molar-refractivity contribution in [2.45, 2.75) is 44.8 Å². The molecular weight excluding hydrogens is 264 g/mol. The third-order valence-corrected chi connectivity index (χ3v) is 3.96. The minimum absolute atomic E-state index is 0.0429. The van der Waals surface area contributed by atoms with Gasteiger partial charge in [0.1, 0.15) is 5.52 Å². The smallest absolute Gasteiger partial charge is 0.312 e. The van der Waals surface area contributed by atoms with Crippen LogP contribution in [0.15, 0.2) is 16.9 Å². The van der Waals surface area contributed by atoms with Gasteiger partial charge in [-0.1, -0.05) is 0 Å². The number of aromatic nitrogens is 2. The Balaban J connectivity index is 2.18. The first kappa shape index (κ1) is 13.3. The Morgan fingerprint density at radius 1 is 1.20 bits per heavy atom. The average Bonchev–Trinajstić information content (AvgIpc) is 2.70. The van der Waals surface area contributed by atoms with E-state index in [2.05, 4.69) is 10.3 Å². The maximum absolute atomic E-state index is 14.1. The summed E-state index contributed by atoms with van der Waals surface area (Å²) in [6.07, 6.45) is 1.43. The van der Waals surface area contributed by atoms with Crippen molar-refractivity contribution in [1.82, 2.24) is 14.9 Å². The van der Waals surface area contributed by atoms with Gasteiger partial charge < -0.3 is 10.3 Å². The van der Waals surface area contributed by atoms with E-state index < -0.39 is 11.6 Å². The quantitative estimate of drug-likeness (QED) is 0.842. The second kappa shape index (κ2) is 4.70. The van der Waals surface area contributed by atoms with E-state index in [1.807, 2.05) is 13.8 Å². The molecule has 0 saturated carbocycles. The highest BCUT2D eigenvalue weighted by Crippen LogP contribution is 2.28. The van der Waals surface area contributed by atoms with E-state index in [0.717, 1.165) is 6.07 Å². The summed E-state index contributed by atoms with van der Waals surface area (Å²) in [6, 6.07) is 2.78. The van der Waals surface area contributed by atoms with Crippen LogP contribution in [0.4, 0.5) is 8.78 Å². The minimum Gasteiger partial charge on any atom is -0.312 e. The fourth-order valence-corrected chi connectivity index (χ4v) is 3.25. The fourth-order valence-electron chi connectivity index (χ4n) is 3.25. The van der Waals surface area contributed by atoms with Gasteiger partial charge in [-0.15, -0.1) is 0 Å². The molecular formula is C14H17F2N3O. The normalized spacial score (nSPS) is 27.1. The van der Waals surface area contributed by atoms with E-state index in [1.54, 1.807) is 0 Å². The molecule has 1 aliphatic rings. The number of halogens is 2. The van der Waals surface area contributed by atoms with Crippen molar-refractivity contribution in [3.8, 4) is 0 Å². The van der Waals surface area contributed by atoms with Gasteiger partial charge in [0.15, 0.2) is 11.6 Å². The molecule has 0 spiro atoms. The Labute approximate surface area is 114 Å². The summed E-state index contributed by atoms with van der Waals surface area (Å²) in [5, 5.41) is 3.37. The number of aromatic amines is 1. The summed E-state index contributed by atoms with van der Waals surface area (Å²) in [5.41, 5.74) is 0.00448. The molecule has 20 heavy (non-hydrogen) atoms. The lowest BCUT2D eigenvalue weighted by atomic mass is 9.95. The van der Waals surface area contributed by atoms with E-state index in [9.17, 15) is 13.6 Å². The van der Waals surface area contributed by atoms with Crippen molar-refractivity contribution in [2.75, 3.05) is 0 Å². The van der Waals surface area contributed by atoms with Gasteiger partial charge in [0.25, 0.3) is 0 Å². The van der Waals surface area contributed by atoms with Gasteiger partial charge in [-0.2, -0.15) is 0 Å². The number of rotatable bonds is 1. The zero-order valence-corrected chi connectivity index (χ0v) is 11.4. The molecule has 1 saturated heterocycles. The number of nitrogens with zero attached hydrogens (tertiary/aromatic N) is 1. The van der Waals surface area contributed by atoms with Crippen LogP contribution >= 0.6 is 0 Å². The van der Waals surface area contributed by atoms with Gasteiger partial charge >= 0.3 is 5.69 Å². The minimum atomic E-state index is -0.959. The van der Waals surface area contributed by atoms with Gasteiger partial charge in [0.2, 0.25) is 0 Å². The maximum atomic E-state index is 14.1. The van der Waals surface area contributed by atoms with Crippen LogP contribution < -0.4 is 11.0 Å². The summed E-state index contributed by atoms with van der Waals surface area (Å²) in [7, 11) is 0. The van der Waals surface area contributed by atoms with Crippen molar-refractivity contribution in [3.63, 3.8) is 0 Å². The van der Waals surface area contributed by atoms with Crippen molar-refractivity contribution >= 4 is 11.0 Å². The molecule has 3 rings (SSSR count). The Bertz CT molecular complexity index is 696. The van der Waals surface area contributed by atoms with Gasteiger partial charge in [-0.25, -0.2) is 13.6 Å². The van der Waals surface area contributed by atoms with Crippen LogP contribution in [0, 0.1) is 11.6 Å². The second-order valence-corrected chi connectivity index (χ2v) is 5.65. The average molecular weight is 281 g/mol. The number of H-pyrrole nitrogens is 1. The first-order valence-electron chi connectivity index (χ1n) is 6.81. The highest BCUT2D eigenvalue weighted by Gasteiger charge is 2.28. The number of imidazole rings is 1. The van der Waals surface area contributed by atoms with Crippen molar-refractivity contribution < 1.29 is 8.78 Å². The topological polar surface area (TPSA) is 49.8 Å². The summed E-state index contributed by atoms with van der Waals surface area (Å²) in [6.45, 7) is 4.05. The van der Waals surface area contributed by atoms with Gasteiger partial charge in [0, 0.05) is 18.1 Å². The van der Waals surface area contributed by atoms with Gasteiger partial charge in [-0.05, 0) is 38.8 Å². The summed E-state index contributed by atoms with van der Waals surface area (Å²) in [5.74, 6) is -1.89. The van der Waals surface area contributed by atoms with Gasteiger partial charge in [-0.3, -0.25) is 4.57 Å². The molecule has 2 atom stereocenters. The molecule has 0 bridgehead atoms. The number of benzene rings is 1. The fraction of sp³-hybridized carbons (Fsp3) is 0.500. The highest BCUT2D eigenvalue weighted by atomic mass is 19.2. The molecule has 4 nitrogen and oxygen atoms in total. The summed E-state index contributed by atoms with van der Waals surface area (Å²) >= 11 is 0. The SMILES string of the molecule is CC1CC(n2c(=O)[nH]c3ccc(F)c(F)c32)CC(C)N1. The molecule has 1 aromatic carbocycles. The van der Waals surface area contributed by atoms with E-state index in [1.165, 1.54) is 10.6 Å². The zero-order chi connectivity index (χ0) is 14.4. The molecule has 2 N–H and O–H groups in total. The largest absolute Gasteiger partial charge is 0.326 e. The van der Waals surface area contributed by atoms with Crippen LogP contribution in [0.5, 0.6) is 0 Å². The van der Waals surface area contributed by atoms with E-state index in [-0.39, 0.29) is 29.3 Å². The number of fused-ring (bicyclic) bond motifs is 1. The molecule has 2 unspecified atom stereocenters. The predicted molar refractivity (Wildman–Crippen MR) is 72.8 cm³/mol. The van der Waals surface area contributed by atoms with E-state index >= 15 is 0 Å². The molecule has 0 amide bonds. The van der Waals surface area contributed by atoms with Crippen LogP contribution in [-0.4, -0.2) is 21.6 Å². The van der Waals surface area contributed by atoms with Gasteiger partial charge in [0.05, 0.1) is 5.52 Å². The summed E-state index contributed by atoms with van der Waals surface area (Å²) in [4.78, 5) is 14.7. The van der Waals surface area contributed by atoms with Crippen LogP contribution in [0.2, 0.25) is 0 Å². The van der Waals surface area contributed by atoms with Crippen LogP contribution in [0.1, 0.15) is 32.7 Å². The highest BCUT2D eigenvalue weighted by molar-refractivity contribution is 5.76. The summed E-state index contributed by atoms with van der Waals surface area (Å²) < 4.78 is 28.9. The van der Waals surface area contributed by atoms with E-state index in [0.29, 0.717) is 18.4 Å². The Kier molecular flexibility index (Phi) is 3.12. The molecule has 1 aliphatic heterocycles. The Morgan fingerprint density at radius 2 is 1.85 bits per heavy atom. The predicted octanol–water partition coefficient (Wildman–Crippen LogP) is 2.31. The molecule has 2 aromatic rings. The van der Waals surface area contributed by atoms with E-state index in [4.69, 9.17) is 0 Å². The number of hydrogen-bond donors (Lipinski definition) is 2. The Hall–Kier alpha value is -1.69. The van der Waals surface area contributed by atoms with Crippen molar-refractivity contribution in [1.29, 1.82) is 0 Å². The lowest BCUT2D eigenvalue weighted by Crippen LogP contribution is -2.44. The first-order valence-corrected chi connectivity index (χ1v) is 6.81. The second-order valence-electron chi connectivity index (χ2n) is 5.65. The van der Waals surface area contributed by atoms with Crippen molar-refractivity contribution in [2.24, 2.45) is 0 Å². The third-order valence-electron chi connectivity index (χ3n) is 3.96. The maximum Gasteiger partial charge on any atom is 0.326 e. The van der Waals surface area contributed by atoms with Crippen LogP contribution in [0.3, 0.4) is 0 Å². The molecule has 0 aliphatic carbocycles. The van der Waals surface area contributed by atoms with Crippen molar-refractivity contribution in [3.05, 3.63) is 34.3 Å². The Morgan fingerprint density at radius 3 is 2.50 bits per heavy atom. The van der Waals surface area contributed by atoms with Crippen LogP contribution in [0.25, 0.3) is 11.0 Å². The number of hydrogen-bond acceptors (Lipinski definition) is 2. The first-order chi connectivity index (χ1) is 9.47. The third kappa shape index (κ3) is 2.04. The molecule has 0 radical (unpaired) electrons. The molecule has 6 heteroatoms. The molecule has 1 fully saturated rings. The number of nitrogens with one attached hydrogen (secondary N) is 2.